The van der Waals surface area contributed by atoms with Crippen LogP contribution in [0.1, 0.15) is 17.0 Å². The van der Waals surface area contributed by atoms with Crippen LogP contribution in [0.15, 0.2) is 29.4 Å². The number of hydrogen-bond donors (Lipinski definition) is 2. The number of fused-ring (bicyclic) bond motifs is 1. The highest BCUT2D eigenvalue weighted by molar-refractivity contribution is 7.99. The van der Waals surface area contributed by atoms with Crippen LogP contribution in [0, 0.1) is 20.8 Å². The summed E-state index contributed by atoms with van der Waals surface area (Å²) in [4.78, 5) is 32.7. The SMILES string of the molecule is COc1ccc(NC(=O)NC(=O)CSc2nc3nc(C)c(C)c(C)n3n2)cc1. The summed E-state index contributed by atoms with van der Waals surface area (Å²) in [5, 5.41) is 9.64. The third-order valence-corrected chi connectivity index (χ3v) is 5.01. The molecule has 3 rings (SSSR count). The van der Waals surface area contributed by atoms with E-state index in [1.54, 1.807) is 35.9 Å². The number of aromatic nitrogens is 4. The predicted octanol–water partition coefficient (Wildman–Crippen LogP) is 2.50. The third-order valence-electron chi connectivity index (χ3n) is 4.17. The lowest BCUT2D eigenvalue weighted by Gasteiger charge is -2.07. The number of anilines is 1. The highest BCUT2D eigenvalue weighted by atomic mass is 32.2. The van der Waals surface area contributed by atoms with Crippen molar-refractivity contribution in [2.45, 2.75) is 25.9 Å². The summed E-state index contributed by atoms with van der Waals surface area (Å²) < 4.78 is 6.70. The second-order valence-corrected chi connectivity index (χ2v) is 6.98. The average Bonchev–Trinajstić information content (AvgIpc) is 3.08. The van der Waals surface area contributed by atoms with Crippen molar-refractivity contribution in [3.05, 3.63) is 41.2 Å². The first-order valence-electron chi connectivity index (χ1n) is 8.45. The molecule has 146 valence electrons. The lowest BCUT2D eigenvalue weighted by molar-refractivity contribution is -0.117. The lowest BCUT2D eigenvalue weighted by atomic mass is 10.2. The Morgan fingerprint density at radius 2 is 1.86 bits per heavy atom. The van der Waals surface area contributed by atoms with E-state index in [0.717, 1.165) is 28.7 Å². The molecule has 0 aliphatic carbocycles. The van der Waals surface area contributed by atoms with Crippen molar-refractivity contribution in [2.75, 3.05) is 18.2 Å². The topological polar surface area (TPSA) is 111 Å². The number of carbonyl (C=O) groups excluding carboxylic acids is 2. The quantitative estimate of drug-likeness (QED) is 0.633. The molecule has 0 aliphatic rings. The van der Waals surface area contributed by atoms with E-state index in [1.165, 1.54) is 0 Å². The van der Waals surface area contributed by atoms with Gasteiger partial charge in [0.15, 0.2) is 0 Å². The molecule has 3 amide bonds. The molecule has 0 radical (unpaired) electrons. The van der Waals surface area contributed by atoms with Gasteiger partial charge in [0.05, 0.1) is 12.9 Å². The first kappa shape index (κ1) is 19.6. The maximum Gasteiger partial charge on any atom is 0.325 e. The van der Waals surface area contributed by atoms with E-state index in [2.05, 4.69) is 25.7 Å². The van der Waals surface area contributed by atoms with Gasteiger partial charge in [-0.05, 0) is 50.6 Å². The number of rotatable bonds is 5. The molecule has 0 saturated heterocycles. The standard InChI is InChI=1S/C18H20N6O3S/c1-10-11(2)19-16-22-18(23-24(16)12(10)3)28-9-15(25)21-17(26)20-13-5-7-14(27-4)8-6-13/h5-8H,9H2,1-4H3,(H2,20,21,25,26). The van der Waals surface area contributed by atoms with Crippen molar-refractivity contribution < 1.29 is 14.3 Å². The Labute approximate surface area is 165 Å². The molecule has 1 aromatic carbocycles. The zero-order valence-electron chi connectivity index (χ0n) is 15.9. The fraction of sp³-hybridized carbons (Fsp3) is 0.278. The number of imide groups is 1. The maximum atomic E-state index is 12.0. The number of benzene rings is 1. The largest absolute Gasteiger partial charge is 0.497 e. The maximum absolute atomic E-state index is 12.0. The molecule has 9 nitrogen and oxygen atoms in total. The van der Waals surface area contributed by atoms with Crippen LogP contribution in [0.3, 0.4) is 0 Å². The molecular formula is C18H20N6O3S. The van der Waals surface area contributed by atoms with Crippen molar-refractivity contribution in [3.8, 4) is 5.75 Å². The van der Waals surface area contributed by atoms with Crippen LogP contribution in [-0.2, 0) is 4.79 Å². The van der Waals surface area contributed by atoms with Gasteiger partial charge in [0.1, 0.15) is 5.75 Å². The smallest absolute Gasteiger partial charge is 0.325 e. The summed E-state index contributed by atoms with van der Waals surface area (Å²) >= 11 is 1.14. The molecule has 2 N–H and O–H groups in total. The Bertz CT molecular complexity index is 1030. The first-order valence-corrected chi connectivity index (χ1v) is 9.44. The molecule has 3 aromatic rings. The van der Waals surface area contributed by atoms with Crippen LogP contribution in [0.2, 0.25) is 0 Å². The summed E-state index contributed by atoms with van der Waals surface area (Å²) in [6.07, 6.45) is 0. The normalized spacial score (nSPS) is 10.7. The lowest BCUT2D eigenvalue weighted by Crippen LogP contribution is -2.35. The number of aryl methyl sites for hydroxylation is 2. The zero-order chi connectivity index (χ0) is 20.3. The van der Waals surface area contributed by atoms with Crippen LogP contribution >= 0.6 is 11.8 Å². The van der Waals surface area contributed by atoms with Gasteiger partial charge in [0.25, 0.3) is 5.78 Å². The predicted molar refractivity (Wildman–Crippen MR) is 106 cm³/mol. The van der Waals surface area contributed by atoms with Gasteiger partial charge in [-0.3, -0.25) is 10.1 Å². The summed E-state index contributed by atoms with van der Waals surface area (Å²) in [7, 11) is 1.56. The zero-order valence-corrected chi connectivity index (χ0v) is 16.8. The van der Waals surface area contributed by atoms with Gasteiger partial charge in [0, 0.05) is 17.1 Å². The molecule has 0 bridgehead atoms. The monoisotopic (exact) mass is 400 g/mol. The number of nitrogens with one attached hydrogen (secondary N) is 2. The van der Waals surface area contributed by atoms with E-state index in [0.29, 0.717) is 22.4 Å². The molecular weight excluding hydrogens is 380 g/mol. The van der Waals surface area contributed by atoms with Crippen molar-refractivity contribution in [2.24, 2.45) is 0 Å². The van der Waals surface area contributed by atoms with Crippen LogP contribution in [0.25, 0.3) is 5.78 Å². The van der Waals surface area contributed by atoms with E-state index in [4.69, 9.17) is 4.74 Å². The molecule has 10 heteroatoms. The van der Waals surface area contributed by atoms with E-state index in [1.807, 2.05) is 20.8 Å². The Balaban J connectivity index is 1.55. The molecule has 0 spiro atoms. The molecule has 0 saturated carbocycles. The van der Waals surface area contributed by atoms with Gasteiger partial charge in [-0.1, -0.05) is 11.8 Å². The van der Waals surface area contributed by atoms with E-state index >= 15 is 0 Å². The molecule has 0 fully saturated rings. The number of carbonyl (C=O) groups is 2. The summed E-state index contributed by atoms with van der Waals surface area (Å²) in [5.41, 5.74) is 3.43. The number of ether oxygens (including phenoxy) is 1. The van der Waals surface area contributed by atoms with Crippen molar-refractivity contribution in [1.29, 1.82) is 0 Å². The molecule has 0 atom stereocenters. The minimum atomic E-state index is -0.609. The third kappa shape index (κ3) is 4.39. The number of urea groups is 1. The molecule has 2 heterocycles. The fourth-order valence-corrected chi connectivity index (χ4v) is 3.05. The van der Waals surface area contributed by atoms with Crippen LogP contribution in [0.5, 0.6) is 5.75 Å². The highest BCUT2D eigenvalue weighted by Crippen LogP contribution is 2.18. The van der Waals surface area contributed by atoms with Gasteiger partial charge in [0.2, 0.25) is 11.1 Å². The van der Waals surface area contributed by atoms with Crippen LogP contribution in [-0.4, -0.2) is 44.4 Å². The van der Waals surface area contributed by atoms with Gasteiger partial charge in [-0.25, -0.2) is 14.3 Å². The van der Waals surface area contributed by atoms with Gasteiger partial charge >= 0.3 is 6.03 Å². The van der Waals surface area contributed by atoms with Gasteiger partial charge in [-0.2, -0.15) is 4.98 Å². The second kappa shape index (κ2) is 8.26. The molecule has 0 aliphatic heterocycles. The summed E-state index contributed by atoms with van der Waals surface area (Å²) in [6, 6.07) is 6.17. The Kier molecular flexibility index (Phi) is 5.78. The minimum absolute atomic E-state index is 0.00390. The van der Waals surface area contributed by atoms with Crippen molar-refractivity contribution in [3.63, 3.8) is 0 Å². The first-order chi connectivity index (χ1) is 13.4. The van der Waals surface area contributed by atoms with Gasteiger partial charge in [-0.15, -0.1) is 5.10 Å². The Morgan fingerprint density at radius 1 is 1.14 bits per heavy atom. The minimum Gasteiger partial charge on any atom is -0.497 e. The number of hydrogen-bond acceptors (Lipinski definition) is 7. The fourth-order valence-electron chi connectivity index (χ4n) is 2.43. The van der Waals surface area contributed by atoms with Crippen molar-refractivity contribution in [1.82, 2.24) is 24.9 Å². The highest BCUT2D eigenvalue weighted by Gasteiger charge is 2.14. The van der Waals surface area contributed by atoms with Crippen LogP contribution in [0.4, 0.5) is 10.5 Å². The summed E-state index contributed by atoms with van der Waals surface area (Å²) in [5.74, 6) is 0.713. The van der Waals surface area contributed by atoms with E-state index in [-0.39, 0.29) is 5.75 Å². The summed E-state index contributed by atoms with van der Waals surface area (Å²) in [6.45, 7) is 5.83. The molecule has 0 unspecified atom stereocenters. The Hall–Kier alpha value is -3.14. The second-order valence-electron chi connectivity index (χ2n) is 6.03. The number of nitrogens with zero attached hydrogens (tertiary/aromatic N) is 4. The number of amides is 3. The number of thioether (sulfide) groups is 1. The molecule has 2 aromatic heterocycles. The average molecular weight is 400 g/mol. The van der Waals surface area contributed by atoms with Crippen molar-refractivity contribution >= 4 is 35.2 Å². The Morgan fingerprint density at radius 3 is 2.54 bits per heavy atom. The molecule has 28 heavy (non-hydrogen) atoms. The van der Waals surface area contributed by atoms with E-state index < -0.39 is 11.9 Å². The number of methoxy groups -OCH3 is 1. The van der Waals surface area contributed by atoms with Gasteiger partial charge < -0.3 is 10.1 Å². The van der Waals surface area contributed by atoms with E-state index in [9.17, 15) is 9.59 Å². The van der Waals surface area contributed by atoms with Crippen LogP contribution < -0.4 is 15.4 Å².